The number of esters is 1. The minimum atomic E-state index is -0.165. The van der Waals surface area contributed by atoms with Crippen molar-refractivity contribution >= 4 is 39.3 Å². The van der Waals surface area contributed by atoms with E-state index < -0.39 is 0 Å². The summed E-state index contributed by atoms with van der Waals surface area (Å²) in [4.78, 5) is 22.9. The van der Waals surface area contributed by atoms with Crippen LogP contribution in [-0.4, -0.2) is 28.8 Å². The van der Waals surface area contributed by atoms with Crippen molar-refractivity contribution in [1.29, 1.82) is 0 Å². The summed E-state index contributed by atoms with van der Waals surface area (Å²) in [7, 11) is 1.43. The van der Waals surface area contributed by atoms with Gasteiger partial charge >= 0.3 is 5.97 Å². The molecule has 6 heteroatoms. The predicted octanol–water partition coefficient (Wildman–Crippen LogP) is 5.33. The molecule has 2 aromatic heterocycles. The smallest absolute Gasteiger partial charge is 0.305 e. The monoisotopic (exact) mass is 386 g/mol. The van der Waals surface area contributed by atoms with Crippen LogP contribution in [0, 0.1) is 20.8 Å². The van der Waals surface area contributed by atoms with E-state index in [0.717, 1.165) is 33.2 Å². The highest BCUT2D eigenvalue weighted by Crippen LogP contribution is 2.41. The Bertz CT molecular complexity index is 933. The van der Waals surface area contributed by atoms with Crippen LogP contribution in [0.4, 0.5) is 0 Å². The molecule has 0 atom stereocenters. The molecule has 0 aliphatic heterocycles. The third-order valence-corrected chi connectivity index (χ3v) is 6.20. The number of nitrogens with zero attached hydrogens (tertiary/aromatic N) is 2. The molecule has 26 heavy (non-hydrogen) atoms. The van der Waals surface area contributed by atoms with Crippen molar-refractivity contribution in [3.63, 3.8) is 0 Å². The summed E-state index contributed by atoms with van der Waals surface area (Å²) in [5, 5.41) is 2.13. The summed E-state index contributed by atoms with van der Waals surface area (Å²) in [5.74, 6) is 1.44. The third kappa shape index (κ3) is 4.07. The van der Waals surface area contributed by atoms with Crippen molar-refractivity contribution in [3.8, 4) is 11.1 Å². The van der Waals surface area contributed by atoms with Crippen LogP contribution in [0.5, 0.6) is 0 Å². The number of methoxy groups -OCH3 is 1. The predicted molar refractivity (Wildman–Crippen MR) is 109 cm³/mol. The van der Waals surface area contributed by atoms with Crippen LogP contribution >= 0.6 is 23.1 Å². The molecule has 0 saturated heterocycles. The van der Waals surface area contributed by atoms with Crippen molar-refractivity contribution in [2.75, 3.05) is 12.9 Å². The molecule has 3 aromatic rings. The Labute approximate surface area is 162 Å². The molecule has 0 N–H and O–H groups in total. The molecule has 0 bridgehead atoms. The number of aryl methyl sites for hydroxylation is 3. The Balaban J connectivity index is 1.97. The topological polar surface area (TPSA) is 52.1 Å². The number of thiophene rings is 1. The van der Waals surface area contributed by atoms with Crippen molar-refractivity contribution in [2.24, 2.45) is 0 Å². The summed E-state index contributed by atoms with van der Waals surface area (Å²) in [6, 6.07) is 8.60. The van der Waals surface area contributed by atoms with Gasteiger partial charge < -0.3 is 4.74 Å². The van der Waals surface area contributed by atoms with Gasteiger partial charge in [-0.25, -0.2) is 9.97 Å². The largest absolute Gasteiger partial charge is 0.469 e. The van der Waals surface area contributed by atoms with Gasteiger partial charge in [0, 0.05) is 22.6 Å². The highest BCUT2D eigenvalue weighted by molar-refractivity contribution is 7.99. The number of fused-ring (bicyclic) bond motifs is 1. The lowest BCUT2D eigenvalue weighted by Gasteiger charge is -2.08. The quantitative estimate of drug-likeness (QED) is 0.248. The van der Waals surface area contributed by atoms with E-state index in [0.29, 0.717) is 6.42 Å². The van der Waals surface area contributed by atoms with E-state index in [1.54, 1.807) is 23.1 Å². The summed E-state index contributed by atoms with van der Waals surface area (Å²) in [5.41, 5.74) is 3.67. The number of carbonyl (C=O) groups is 1. The maximum absolute atomic E-state index is 11.3. The van der Waals surface area contributed by atoms with Crippen molar-refractivity contribution in [3.05, 3.63) is 40.5 Å². The Kier molecular flexibility index (Phi) is 5.94. The minimum Gasteiger partial charge on any atom is -0.469 e. The third-order valence-electron chi connectivity index (χ3n) is 4.14. The van der Waals surface area contributed by atoms with Gasteiger partial charge in [-0.1, -0.05) is 29.8 Å². The summed E-state index contributed by atoms with van der Waals surface area (Å²) in [6.07, 6.45) is 1.20. The SMILES string of the molecule is COC(=O)CCCSc1nc(C)nc2sc(C)c(-c3ccc(C)cc3)c12. The van der Waals surface area contributed by atoms with Gasteiger partial charge in [0.05, 0.1) is 12.5 Å². The van der Waals surface area contributed by atoms with Crippen LogP contribution < -0.4 is 0 Å². The number of rotatable bonds is 6. The maximum Gasteiger partial charge on any atom is 0.305 e. The van der Waals surface area contributed by atoms with Gasteiger partial charge in [-0.15, -0.1) is 23.1 Å². The van der Waals surface area contributed by atoms with Crippen LogP contribution in [0.15, 0.2) is 29.3 Å². The number of thioether (sulfide) groups is 1. The fourth-order valence-electron chi connectivity index (χ4n) is 2.84. The van der Waals surface area contributed by atoms with Gasteiger partial charge in [-0.2, -0.15) is 0 Å². The lowest BCUT2D eigenvalue weighted by Crippen LogP contribution is -2.00. The zero-order valence-electron chi connectivity index (χ0n) is 15.5. The highest BCUT2D eigenvalue weighted by Gasteiger charge is 2.18. The molecule has 0 fully saturated rings. The first-order chi connectivity index (χ1) is 12.5. The summed E-state index contributed by atoms with van der Waals surface area (Å²) in [6.45, 7) is 6.17. The molecule has 0 radical (unpaired) electrons. The lowest BCUT2D eigenvalue weighted by molar-refractivity contribution is -0.140. The van der Waals surface area contributed by atoms with Gasteiger partial charge in [0.2, 0.25) is 0 Å². The second-order valence-corrected chi connectivity index (χ2v) is 8.47. The first kappa shape index (κ1) is 18.9. The standard InChI is InChI=1S/C20H22N2O2S2/c1-12-7-9-15(10-8-12)17-13(2)26-20-18(17)19(21-14(3)22-20)25-11-5-6-16(23)24-4/h7-10H,5-6,11H2,1-4H3. The second kappa shape index (κ2) is 8.18. The second-order valence-electron chi connectivity index (χ2n) is 6.18. The molecule has 0 aliphatic rings. The lowest BCUT2D eigenvalue weighted by atomic mass is 10.0. The van der Waals surface area contributed by atoms with Crippen molar-refractivity contribution in [2.45, 2.75) is 38.6 Å². The molecule has 0 unspecified atom stereocenters. The molecule has 0 aliphatic carbocycles. The Morgan fingerprint density at radius 3 is 2.58 bits per heavy atom. The first-order valence-corrected chi connectivity index (χ1v) is 10.3. The molecule has 2 heterocycles. The maximum atomic E-state index is 11.3. The number of ether oxygens (including phenoxy) is 1. The molecule has 0 spiro atoms. The van der Waals surface area contributed by atoms with E-state index in [9.17, 15) is 4.79 Å². The zero-order valence-corrected chi connectivity index (χ0v) is 17.1. The van der Waals surface area contributed by atoms with Gasteiger partial charge in [0.25, 0.3) is 0 Å². The van der Waals surface area contributed by atoms with Crippen LogP contribution in [0.3, 0.4) is 0 Å². The molecular weight excluding hydrogens is 364 g/mol. The Morgan fingerprint density at radius 2 is 1.88 bits per heavy atom. The summed E-state index contributed by atoms with van der Waals surface area (Å²) >= 11 is 3.40. The minimum absolute atomic E-state index is 0.165. The fraction of sp³-hybridized carbons (Fsp3) is 0.350. The van der Waals surface area contributed by atoms with Crippen LogP contribution in [0.25, 0.3) is 21.3 Å². The van der Waals surface area contributed by atoms with E-state index in [1.165, 1.54) is 28.7 Å². The van der Waals surface area contributed by atoms with Crippen molar-refractivity contribution < 1.29 is 9.53 Å². The van der Waals surface area contributed by atoms with E-state index in [1.807, 2.05) is 6.92 Å². The van der Waals surface area contributed by atoms with Crippen molar-refractivity contribution in [1.82, 2.24) is 9.97 Å². The Hall–Kier alpha value is -1.92. The van der Waals surface area contributed by atoms with E-state index in [4.69, 9.17) is 9.72 Å². The van der Waals surface area contributed by atoms with E-state index in [2.05, 4.69) is 43.1 Å². The first-order valence-electron chi connectivity index (χ1n) is 8.54. The van der Waals surface area contributed by atoms with E-state index in [-0.39, 0.29) is 5.97 Å². The van der Waals surface area contributed by atoms with Gasteiger partial charge in [-0.05, 0) is 32.8 Å². The normalized spacial score (nSPS) is 11.1. The molecule has 1 aromatic carbocycles. The van der Waals surface area contributed by atoms with Crippen LogP contribution in [0.2, 0.25) is 0 Å². The van der Waals surface area contributed by atoms with Crippen LogP contribution in [0.1, 0.15) is 29.1 Å². The number of carbonyl (C=O) groups excluding carboxylic acids is 1. The number of hydrogen-bond donors (Lipinski definition) is 0. The molecule has 3 rings (SSSR count). The fourth-order valence-corrected chi connectivity index (χ4v) is 5.02. The molecular formula is C20H22N2O2S2. The molecule has 0 amide bonds. The zero-order chi connectivity index (χ0) is 18.7. The molecule has 136 valence electrons. The van der Waals surface area contributed by atoms with Gasteiger partial charge in [0.1, 0.15) is 15.7 Å². The van der Waals surface area contributed by atoms with Crippen LogP contribution in [-0.2, 0) is 9.53 Å². The van der Waals surface area contributed by atoms with E-state index >= 15 is 0 Å². The number of benzene rings is 1. The summed E-state index contributed by atoms with van der Waals surface area (Å²) < 4.78 is 4.71. The molecule has 0 saturated carbocycles. The number of aromatic nitrogens is 2. The highest BCUT2D eigenvalue weighted by atomic mass is 32.2. The average Bonchev–Trinajstić information content (AvgIpc) is 2.94. The Morgan fingerprint density at radius 1 is 1.15 bits per heavy atom. The molecule has 4 nitrogen and oxygen atoms in total. The average molecular weight is 387 g/mol. The number of hydrogen-bond acceptors (Lipinski definition) is 6. The van der Waals surface area contributed by atoms with Gasteiger partial charge in [0.15, 0.2) is 0 Å². The van der Waals surface area contributed by atoms with Gasteiger partial charge in [-0.3, -0.25) is 4.79 Å².